The number of halogens is 1. The quantitative estimate of drug-likeness (QED) is 0.745. The first-order chi connectivity index (χ1) is 7.74. The maximum absolute atomic E-state index is 13.2. The Bertz CT molecular complexity index is 436. The first-order valence-electron chi connectivity index (χ1n) is 4.96. The molecule has 0 unspecified atom stereocenters. The van der Waals surface area contributed by atoms with Gasteiger partial charge >= 0.3 is 0 Å². The number of aromatic hydroxyl groups is 1. The number of hydrogen-bond donors (Lipinski definition) is 2. The van der Waals surface area contributed by atoms with Gasteiger partial charge in [-0.25, -0.2) is 4.39 Å². The highest BCUT2D eigenvalue weighted by molar-refractivity contribution is 5.48. The van der Waals surface area contributed by atoms with Crippen LogP contribution in [0.15, 0.2) is 12.1 Å². The lowest BCUT2D eigenvalue weighted by Gasteiger charge is -2.25. The van der Waals surface area contributed by atoms with Crippen LogP contribution in [0, 0.1) is 17.1 Å². The van der Waals surface area contributed by atoms with Gasteiger partial charge in [0.25, 0.3) is 0 Å². The second-order valence-electron chi connectivity index (χ2n) is 3.55. The van der Waals surface area contributed by atoms with Crippen molar-refractivity contribution in [2.24, 2.45) is 0 Å². The van der Waals surface area contributed by atoms with E-state index in [4.69, 9.17) is 10.00 Å². The summed E-state index contributed by atoms with van der Waals surface area (Å²) >= 11 is 0. The number of nitrogens with zero attached hydrogens (tertiary/aromatic N) is 1. The monoisotopic (exact) mass is 222 g/mol. The van der Waals surface area contributed by atoms with E-state index in [0.717, 1.165) is 6.07 Å². The molecule has 2 N–H and O–H groups in total. The molecular weight excluding hydrogens is 211 g/mol. The molecule has 1 saturated heterocycles. The molecule has 1 aromatic carbocycles. The van der Waals surface area contributed by atoms with E-state index in [-0.39, 0.29) is 17.2 Å². The van der Waals surface area contributed by atoms with E-state index >= 15 is 0 Å². The van der Waals surface area contributed by atoms with Crippen LogP contribution in [0.1, 0.15) is 17.2 Å². The molecule has 2 rings (SSSR count). The molecule has 0 amide bonds. The van der Waals surface area contributed by atoms with E-state index in [1.54, 1.807) is 0 Å². The zero-order valence-corrected chi connectivity index (χ0v) is 8.53. The van der Waals surface area contributed by atoms with Gasteiger partial charge < -0.3 is 15.2 Å². The lowest BCUT2D eigenvalue weighted by molar-refractivity contribution is 0.0758. The van der Waals surface area contributed by atoms with Crippen molar-refractivity contribution >= 4 is 0 Å². The summed E-state index contributed by atoms with van der Waals surface area (Å²) in [5, 5.41) is 21.6. The number of nitriles is 1. The van der Waals surface area contributed by atoms with Crippen LogP contribution in [0.3, 0.4) is 0 Å². The van der Waals surface area contributed by atoms with E-state index in [1.807, 2.05) is 6.07 Å². The average molecular weight is 222 g/mol. The van der Waals surface area contributed by atoms with E-state index < -0.39 is 11.6 Å². The number of ether oxygens (including phenoxy) is 1. The molecule has 0 radical (unpaired) electrons. The molecule has 1 heterocycles. The SMILES string of the molecule is N#Cc1ccc(F)c(O)c1[C@H]1COCCN1. The fourth-order valence-electron chi connectivity index (χ4n) is 1.78. The lowest BCUT2D eigenvalue weighted by atomic mass is 9.99. The Kier molecular flexibility index (Phi) is 3.04. The molecule has 4 nitrogen and oxygen atoms in total. The topological polar surface area (TPSA) is 65.3 Å². The minimum Gasteiger partial charge on any atom is -0.505 e. The van der Waals surface area contributed by atoms with Gasteiger partial charge in [0.15, 0.2) is 11.6 Å². The van der Waals surface area contributed by atoms with Crippen molar-refractivity contribution in [2.45, 2.75) is 6.04 Å². The maximum atomic E-state index is 13.2. The largest absolute Gasteiger partial charge is 0.505 e. The molecule has 0 saturated carbocycles. The zero-order valence-electron chi connectivity index (χ0n) is 8.53. The lowest BCUT2D eigenvalue weighted by Crippen LogP contribution is -2.35. The van der Waals surface area contributed by atoms with Crippen LogP contribution in [-0.4, -0.2) is 24.9 Å². The van der Waals surface area contributed by atoms with Crippen molar-refractivity contribution in [1.29, 1.82) is 5.26 Å². The number of phenols is 1. The minimum atomic E-state index is -0.721. The average Bonchev–Trinajstić information content (AvgIpc) is 2.33. The molecule has 84 valence electrons. The Morgan fingerprint density at radius 3 is 3.00 bits per heavy atom. The van der Waals surface area contributed by atoms with Crippen LogP contribution in [0.2, 0.25) is 0 Å². The van der Waals surface area contributed by atoms with E-state index in [0.29, 0.717) is 19.8 Å². The predicted octanol–water partition coefficient (Wildman–Crippen LogP) is 1.06. The van der Waals surface area contributed by atoms with Crippen molar-refractivity contribution in [3.63, 3.8) is 0 Å². The van der Waals surface area contributed by atoms with Gasteiger partial charge in [-0.3, -0.25) is 0 Å². The third-order valence-corrected chi connectivity index (χ3v) is 2.56. The molecule has 1 aliphatic heterocycles. The first-order valence-corrected chi connectivity index (χ1v) is 4.96. The molecule has 0 aliphatic carbocycles. The van der Waals surface area contributed by atoms with Crippen molar-refractivity contribution < 1.29 is 14.2 Å². The Morgan fingerprint density at radius 2 is 2.38 bits per heavy atom. The minimum absolute atomic E-state index is 0.266. The Labute approximate surface area is 92.3 Å². The standard InChI is InChI=1S/C11H11FN2O2/c12-8-2-1-7(5-13)10(11(8)15)9-6-16-4-3-14-9/h1-2,9,14-15H,3-4,6H2/t9-/m1/s1. The summed E-state index contributed by atoms with van der Waals surface area (Å²) in [6, 6.07) is 4.05. The maximum Gasteiger partial charge on any atom is 0.165 e. The highest BCUT2D eigenvalue weighted by Crippen LogP contribution is 2.31. The Morgan fingerprint density at radius 1 is 1.56 bits per heavy atom. The van der Waals surface area contributed by atoms with Crippen LogP contribution in [0.4, 0.5) is 4.39 Å². The highest BCUT2D eigenvalue weighted by atomic mass is 19.1. The summed E-state index contributed by atoms with van der Waals surface area (Å²) in [4.78, 5) is 0. The van der Waals surface area contributed by atoms with Gasteiger partial charge in [0, 0.05) is 12.1 Å². The number of nitrogens with one attached hydrogen (secondary N) is 1. The number of benzene rings is 1. The van der Waals surface area contributed by atoms with Gasteiger partial charge in [0.2, 0.25) is 0 Å². The number of rotatable bonds is 1. The van der Waals surface area contributed by atoms with Crippen molar-refractivity contribution in [3.8, 4) is 11.8 Å². The van der Waals surface area contributed by atoms with Crippen LogP contribution < -0.4 is 5.32 Å². The normalized spacial score (nSPS) is 20.4. The fourth-order valence-corrected chi connectivity index (χ4v) is 1.78. The summed E-state index contributed by atoms with van der Waals surface area (Å²) in [6.07, 6.45) is 0. The Hall–Kier alpha value is -1.64. The number of morpholine rings is 1. The van der Waals surface area contributed by atoms with E-state index in [2.05, 4.69) is 5.32 Å². The van der Waals surface area contributed by atoms with Crippen molar-refractivity contribution in [1.82, 2.24) is 5.32 Å². The number of hydrogen-bond acceptors (Lipinski definition) is 4. The summed E-state index contributed by atoms with van der Waals surface area (Å²) in [5.74, 6) is -1.19. The highest BCUT2D eigenvalue weighted by Gasteiger charge is 2.23. The third kappa shape index (κ3) is 1.85. The molecule has 5 heteroatoms. The van der Waals surface area contributed by atoms with Crippen LogP contribution >= 0.6 is 0 Å². The molecule has 1 aromatic rings. The van der Waals surface area contributed by atoms with Crippen molar-refractivity contribution in [3.05, 3.63) is 29.1 Å². The fraction of sp³-hybridized carbons (Fsp3) is 0.364. The molecule has 1 fully saturated rings. The van der Waals surface area contributed by atoms with E-state index in [9.17, 15) is 9.50 Å². The molecule has 0 bridgehead atoms. The van der Waals surface area contributed by atoms with Gasteiger partial charge in [0.05, 0.1) is 30.9 Å². The molecule has 0 aromatic heterocycles. The van der Waals surface area contributed by atoms with Crippen LogP contribution in [-0.2, 0) is 4.74 Å². The molecule has 1 atom stereocenters. The third-order valence-electron chi connectivity index (χ3n) is 2.56. The second kappa shape index (κ2) is 4.47. The summed E-state index contributed by atoms with van der Waals surface area (Å²) < 4.78 is 18.4. The predicted molar refractivity (Wildman–Crippen MR) is 54.3 cm³/mol. The van der Waals surface area contributed by atoms with Gasteiger partial charge in [-0.1, -0.05) is 0 Å². The molecule has 16 heavy (non-hydrogen) atoms. The Balaban J connectivity index is 2.44. The van der Waals surface area contributed by atoms with Crippen LogP contribution in [0.5, 0.6) is 5.75 Å². The summed E-state index contributed by atoms with van der Waals surface area (Å²) in [5.41, 5.74) is 0.545. The van der Waals surface area contributed by atoms with Gasteiger partial charge in [0.1, 0.15) is 0 Å². The zero-order chi connectivity index (χ0) is 11.5. The smallest absolute Gasteiger partial charge is 0.165 e. The first kappa shape index (κ1) is 10.9. The molecule has 0 spiro atoms. The second-order valence-corrected chi connectivity index (χ2v) is 3.55. The van der Waals surface area contributed by atoms with E-state index in [1.165, 1.54) is 6.07 Å². The number of phenolic OH excluding ortho intramolecular Hbond substituents is 1. The summed E-state index contributed by atoms with van der Waals surface area (Å²) in [7, 11) is 0. The van der Waals surface area contributed by atoms with Crippen LogP contribution in [0.25, 0.3) is 0 Å². The molecular formula is C11H11FN2O2. The van der Waals surface area contributed by atoms with Gasteiger partial charge in [-0.15, -0.1) is 0 Å². The van der Waals surface area contributed by atoms with Gasteiger partial charge in [-0.05, 0) is 12.1 Å². The van der Waals surface area contributed by atoms with Gasteiger partial charge in [-0.2, -0.15) is 5.26 Å². The molecule has 1 aliphatic rings. The van der Waals surface area contributed by atoms with Crippen molar-refractivity contribution in [2.75, 3.05) is 19.8 Å². The summed E-state index contributed by atoms with van der Waals surface area (Å²) in [6.45, 7) is 1.52.